The van der Waals surface area contributed by atoms with Gasteiger partial charge in [-0.3, -0.25) is 9.48 Å². The van der Waals surface area contributed by atoms with Crippen LogP contribution in [0.15, 0.2) is 41.6 Å². The Hall–Kier alpha value is -3.16. The molecule has 3 rings (SSSR count). The van der Waals surface area contributed by atoms with Gasteiger partial charge in [-0.1, -0.05) is 49.3 Å². The van der Waals surface area contributed by atoms with Gasteiger partial charge in [-0.15, -0.1) is 0 Å². The molecular weight excluding hydrogens is 396 g/mol. The molecular formula is C23H30N4O4. The standard InChI is InChI=1S/C23H30N4O4/c1-15(2)19-11-20(27(25-19)16(3)4)21(28)24-14-18-13-23(31-26-18,22(29)30-5)12-17-9-7-6-8-10-17/h6-11,15-16H,12-14H2,1-5H3,(H,24,28). The Morgan fingerprint density at radius 2 is 1.94 bits per heavy atom. The highest BCUT2D eigenvalue weighted by molar-refractivity contribution is 5.99. The van der Waals surface area contributed by atoms with Gasteiger partial charge in [0.2, 0.25) is 5.60 Å². The number of carbonyl (C=O) groups excluding carboxylic acids is 2. The third-order valence-corrected chi connectivity index (χ3v) is 5.25. The molecule has 0 spiro atoms. The SMILES string of the molecule is COC(=O)C1(Cc2ccccc2)CC(CNC(=O)c2cc(C(C)C)nn2C(C)C)=NO1. The molecule has 1 unspecified atom stereocenters. The fourth-order valence-corrected chi connectivity index (χ4v) is 3.56. The van der Waals surface area contributed by atoms with Gasteiger partial charge in [-0.05, 0) is 31.4 Å². The molecule has 0 fully saturated rings. The Morgan fingerprint density at radius 1 is 1.23 bits per heavy atom. The van der Waals surface area contributed by atoms with Crippen molar-refractivity contribution >= 4 is 17.6 Å². The molecule has 1 aliphatic rings. The van der Waals surface area contributed by atoms with E-state index < -0.39 is 11.6 Å². The predicted molar refractivity (Wildman–Crippen MR) is 117 cm³/mol. The van der Waals surface area contributed by atoms with Crippen molar-refractivity contribution < 1.29 is 19.2 Å². The molecule has 1 N–H and O–H groups in total. The number of aromatic nitrogens is 2. The number of amides is 1. The first-order valence-electron chi connectivity index (χ1n) is 10.5. The minimum absolute atomic E-state index is 0.0539. The second-order valence-electron chi connectivity index (χ2n) is 8.40. The van der Waals surface area contributed by atoms with Crippen LogP contribution in [0.25, 0.3) is 0 Å². The second-order valence-corrected chi connectivity index (χ2v) is 8.40. The largest absolute Gasteiger partial charge is 0.466 e. The molecule has 0 radical (unpaired) electrons. The van der Waals surface area contributed by atoms with Gasteiger partial charge in [0.05, 0.1) is 25.1 Å². The molecule has 166 valence electrons. The molecule has 31 heavy (non-hydrogen) atoms. The van der Waals surface area contributed by atoms with Crippen LogP contribution in [0.4, 0.5) is 0 Å². The Bertz CT molecular complexity index is 965. The van der Waals surface area contributed by atoms with Crippen LogP contribution in [0.5, 0.6) is 0 Å². The first-order valence-corrected chi connectivity index (χ1v) is 10.5. The highest BCUT2D eigenvalue weighted by Crippen LogP contribution is 2.30. The van der Waals surface area contributed by atoms with Gasteiger partial charge in [-0.25, -0.2) is 4.79 Å². The number of benzene rings is 1. The second kappa shape index (κ2) is 9.32. The fourth-order valence-electron chi connectivity index (χ4n) is 3.56. The topological polar surface area (TPSA) is 94.8 Å². The van der Waals surface area contributed by atoms with Crippen molar-refractivity contribution in [1.29, 1.82) is 0 Å². The average molecular weight is 427 g/mol. The minimum Gasteiger partial charge on any atom is -0.466 e. The van der Waals surface area contributed by atoms with Crippen LogP contribution >= 0.6 is 0 Å². The molecule has 1 aromatic heterocycles. The monoisotopic (exact) mass is 426 g/mol. The van der Waals surface area contributed by atoms with Crippen LogP contribution < -0.4 is 5.32 Å². The number of rotatable bonds is 8. The van der Waals surface area contributed by atoms with Crippen molar-refractivity contribution in [3.8, 4) is 0 Å². The van der Waals surface area contributed by atoms with E-state index in [1.807, 2.05) is 64.1 Å². The number of ether oxygens (including phenoxy) is 1. The summed E-state index contributed by atoms with van der Waals surface area (Å²) in [6, 6.07) is 11.4. The van der Waals surface area contributed by atoms with E-state index >= 15 is 0 Å². The zero-order valence-corrected chi connectivity index (χ0v) is 18.7. The quantitative estimate of drug-likeness (QED) is 0.654. The lowest BCUT2D eigenvalue weighted by Gasteiger charge is -2.23. The first-order chi connectivity index (χ1) is 14.8. The van der Waals surface area contributed by atoms with Crippen LogP contribution in [-0.4, -0.2) is 46.6 Å². The molecule has 8 heteroatoms. The summed E-state index contributed by atoms with van der Waals surface area (Å²) in [5.74, 6) is -0.506. The number of nitrogens with one attached hydrogen (secondary N) is 1. The third kappa shape index (κ3) is 4.95. The summed E-state index contributed by atoms with van der Waals surface area (Å²) in [5, 5.41) is 11.5. The van der Waals surface area contributed by atoms with Crippen molar-refractivity contribution in [3.05, 3.63) is 53.3 Å². The summed E-state index contributed by atoms with van der Waals surface area (Å²) in [6.45, 7) is 8.22. The first kappa shape index (κ1) is 22.5. The van der Waals surface area contributed by atoms with Crippen molar-refractivity contribution in [2.45, 2.75) is 58.1 Å². The molecule has 1 atom stereocenters. The molecule has 0 saturated heterocycles. The summed E-state index contributed by atoms with van der Waals surface area (Å²) in [5.41, 5.74) is 1.67. The minimum atomic E-state index is -1.22. The van der Waals surface area contributed by atoms with Gasteiger partial charge in [-0.2, -0.15) is 5.10 Å². The molecule has 1 aliphatic heterocycles. The van der Waals surface area contributed by atoms with Crippen molar-refractivity contribution in [2.75, 3.05) is 13.7 Å². The zero-order valence-electron chi connectivity index (χ0n) is 18.7. The van der Waals surface area contributed by atoms with Gasteiger partial charge in [0.15, 0.2) is 0 Å². The number of hydrogen-bond donors (Lipinski definition) is 1. The lowest BCUT2D eigenvalue weighted by atomic mass is 9.89. The van der Waals surface area contributed by atoms with E-state index in [1.54, 1.807) is 4.68 Å². The number of nitrogens with zero attached hydrogens (tertiary/aromatic N) is 3. The number of oxime groups is 1. The maximum atomic E-state index is 12.8. The highest BCUT2D eigenvalue weighted by atomic mass is 16.7. The molecule has 1 amide bonds. The van der Waals surface area contributed by atoms with Gasteiger partial charge >= 0.3 is 5.97 Å². The summed E-state index contributed by atoms with van der Waals surface area (Å²) >= 11 is 0. The Labute approximate surface area is 182 Å². The molecule has 2 aromatic rings. The molecule has 0 aliphatic carbocycles. The Kier molecular flexibility index (Phi) is 6.77. The van der Waals surface area contributed by atoms with Crippen LogP contribution in [0.3, 0.4) is 0 Å². The normalized spacial score (nSPS) is 18.1. The van der Waals surface area contributed by atoms with Gasteiger partial charge in [0.1, 0.15) is 5.69 Å². The Morgan fingerprint density at radius 3 is 2.55 bits per heavy atom. The summed E-state index contributed by atoms with van der Waals surface area (Å²) < 4.78 is 6.71. The lowest BCUT2D eigenvalue weighted by molar-refractivity contribution is -0.166. The summed E-state index contributed by atoms with van der Waals surface area (Å²) in [4.78, 5) is 30.9. The van der Waals surface area contributed by atoms with Crippen LogP contribution in [0, 0.1) is 0 Å². The molecule has 0 saturated carbocycles. The van der Waals surface area contributed by atoms with Crippen molar-refractivity contribution in [1.82, 2.24) is 15.1 Å². The van der Waals surface area contributed by atoms with E-state index in [0.717, 1.165) is 11.3 Å². The lowest BCUT2D eigenvalue weighted by Crippen LogP contribution is -2.43. The van der Waals surface area contributed by atoms with E-state index in [9.17, 15) is 9.59 Å². The molecule has 2 heterocycles. The van der Waals surface area contributed by atoms with E-state index in [2.05, 4.69) is 15.6 Å². The van der Waals surface area contributed by atoms with Crippen LogP contribution in [-0.2, 0) is 20.8 Å². The van der Waals surface area contributed by atoms with Gasteiger partial charge in [0.25, 0.3) is 5.91 Å². The summed E-state index contributed by atoms with van der Waals surface area (Å²) in [6.07, 6.45) is 0.578. The van der Waals surface area contributed by atoms with E-state index in [0.29, 0.717) is 17.8 Å². The molecule has 1 aromatic carbocycles. The van der Waals surface area contributed by atoms with Gasteiger partial charge in [0, 0.05) is 18.9 Å². The number of esters is 1. The van der Waals surface area contributed by atoms with E-state index in [4.69, 9.17) is 9.57 Å². The maximum absolute atomic E-state index is 12.8. The predicted octanol–water partition coefficient (Wildman–Crippen LogP) is 3.25. The highest BCUT2D eigenvalue weighted by Gasteiger charge is 2.47. The van der Waals surface area contributed by atoms with Crippen LogP contribution in [0.2, 0.25) is 0 Å². The van der Waals surface area contributed by atoms with Crippen molar-refractivity contribution in [3.63, 3.8) is 0 Å². The maximum Gasteiger partial charge on any atom is 0.353 e. The third-order valence-electron chi connectivity index (χ3n) is 5.25. The van der Waals surface area contributed by atoms with Gasteiger partial charge < -0.3 is 14.9 Å². The number of carbonyl (C=O) groups is 2. The van der Waals surface area contributed by atoms with E-state index in [-0.39, 0.29) is 30.8 Å². The molecule has 8 nitrogen and oxygen atoms in total. The average Bonchev–Trinajstić information content (AvgIpc) is 3.38. The Balaban J connectivity index is 1.69. The van der Waals surface area contributed by atoms with E-state index in [1.165, 1.54) is 7.11 Å². The van der Waals surface area contributed by atoms with Crippen LogP contribution in [0.1, 0.15) is 67.8 Å². The number of methoxy groups -OCH3 is 1. The summed E-state index contributed by atoms with van der Waals surface area (Å²) in [7, 11) is 1.33. The smallest absolute Gasteiger partial charge is 0.353 e. The zero-order chi connectivity index (χ0) is 22.6. The fraction of sp³-hybridized carbons (Fsp3) is 0.478. The number of hydrogen-bond acceptors (Lipinski definition) is 6. The molecule has 0 bridgehead atoms. The van der Waals surface area contributed by atoms with Crippen molar-refractivity contribution in [2.24, 2.45) is 5.16 Å².